The van der Waals surface area contributed by atoms with Crippen molar-refractivity contribution < 1.29 is 4.39 Å². The van der Waals surface area contributed by atoms with Gasteiger partial charge in [0.25, 0.3) is 0 Å². The highest BCUT2D eigenvalue weighted by Gasteiger charge is 2.16. The molecule has 0 N–H and O–H groups in total. The molecular weight excluding hydrogens is 277 g/mol. The van der Waals surface area contributed by atoms with Crippen molar-refractivity contribution in [2.24, 2.45) is 0 Å². The van der Waals surface area contributed by atoms with E-state index in [1.54, 1.807) is 6.07 Å². The third-order valence-electron chi connectivity index (χ3n) is 3.06. The van der Waals surface area contributed by atoms with Crippen LogP contribution in [0.25, 0.3) is 0 Å². The zero-order chi connectivity index (χ0) is 14.7. The SMILES string of the molecule is CC(C)c1c(Cl)ncnc1N(C)Cc1cccc(F)c1. The number of nitrogens with zero attached hydrogens (tertiary/aromatic N) is 3. The predicted octanol–water partition coefficient (Wildman–Crippen LogP) is 4.03. The van der Waals surface area contributed by atoms with Gasteiger partial charge in [-0.05, 0) is 23.6 Å². The summed E-state index contributed by atoms with van der Waals surface area (Å²) in [5.74, 6) is 0.763. The van der Waals surface area contributed by atoms with Gasteiger partial charge in [0, 0.05) is 19.2 Å². The molecule has 1 heterocycles. The summed E-state index contributed by atoms with van der Waals surface area (Å²) in [6, 6.07) is 6.55. The summed E-state index contributed by atoms with van der Waals surface area (Å²) in [4.78, 5) is 10.3. The summed E-state index contributed by atoms with van der Waals surface area (Å²) < 4.78 is 13.2. The van der Waals surface area contributed by atoms with Crippen molar-refractivity contribution in [2.45, 2.75) is 26.3 Å². The second-order valence-electron chi connectivity index (χ2n) is 5.04. The molecule has 0 saturated carbocycles. The highest BCUT2D eigenvalue weighted by molar-refractivity contribution is 6.30. The number of rotatable bonds is 4. The summed E-state index contributed by atoms with van der Waals surface area (Å²) in [5, 5.41) is 0.469. The summed E-state index contributed by atoms with van der Waals surface area (Å²) in [7, 11) is 1.91. The second-order valence-corrected chi connectivity index (χ2v) is 5.40. The Hall–Kier alpha value is -1.68. The van der Waals surface area contributed by atoms with Gasteiger partial charge in [-0.25, -0.2) is 14.4 Å². The topological polar surface area (TPSA) is 29.0 Å². The van der Waals surface area contributed by atoms with Gasteiger partial charge in [-0.3, -0.25) is 0 Å². The van der Waals surface area contributed by atoms with E-state index in [0.29, 0.717) is 11.7 Å². The molecule has 0 aliphatic rings. The molecule has 0 amide bonds. The molecular formula is C15H17ClFN3. The molecule has 1 aromatic carbocycles. The molecule has 0 fully saturated rings. The van der Waals surface area contributed by atoms with Crippen molar-refractivity contribution in [1.82, 2.24) is 9.97 Å². The summed E-state index contributed by atoms with van der Waals surface area (Å²) in [6.07, 6.45) is 1.45. The smallest absolute Gasteiger partial charge is 0.138 e. The fraction of sp³-hybridized carbons (Fsp3) is 0.333. The van der Waals surface area contributed by atoms with Gasteiger partial charge in [0.1, 0.15) is 23.1 Å². The molecule has 5 heteroatoms. The molecule has 0 bridgehead atoms. The van der Waals surface area contributed by atoms with Gasteiger partial charge in [0.2, 0.25) is 0 Å². The molecule has 0 unspecified atom stereocenters. The summed E-state index contributed by atoms with van der Waals surface area (Å²) in [5.41, 5.74) is 1.80. The molecule has 0 spiro atoms. The molecule has 0 aliphatic heterocycles. The van der Waals surface area contributed by atoms with Crippen LogP contribution in [0.1, 0.15) is 30.9 Å². The Kier molecular flexibility index (Phi) is 4.55. The van der Waals surface area contributed by atoms with Crippen LogP contribution in [0.4, 0.5) is 10.2 Å². The molecule has 3 nitrogen and oxygen atoms in total. The van der Waals surface area contributed by atoms with Crippen LogP contribution in [0.5, 0.6) is 0 Å². The largest absolute Gasteiger partial charge is 0.355 e. The van der Waals surface area contributed by atoms with E-state index in [1.807, 2.05) is 31.9 Å². The highest BCUT2D eigenvalue weighted by atomic mass is 35.5. The van der Waals surface area contributed by atoms with E-state index in [0.717, 1.165) is 16.9 Å². The Morgan fingerprint density at radius 3 is 2.70 bits per heavy atom. The van der Waals surface area contributed by atoms with Crippen LogP contribution in [0.15, 0.2) is 30.6 Å². The lowest BCUT2D eigenvalue weighted by molar-refractivity contribution is 0.625. The van der Waals surface area contributed by atoms with Gasteiger partial charge >= 0.3 is 0 Å². The molecule has 2 aromatic rings. The van der Waals surface area contributed by atoms with Gasteiger partial charge < -0.3 is 4.90 Å². The van der Waals surface area contributed by atoms with E-state index in [9.17, 15) is 4.39 Å². The van der Waals surface area contributed by atoms with Crippen molar-refractivity contribution >= 4 is 17.4 Å². The molecule has 0 atom stereocenters. The van der Waals surface area contributed by atoms with Gasteiger partial charge in [0.15, 0.2) is 0 Å². The van der Waals surface area contributed by atoms with Crippen molar-refractivity contribution in [1.29, 1.82) is 0 Å². The fourth-order valence-corrected chi connectivity index (χ4v) is 2.50. The van der Waals surface area contributed by atoms with Crippen LogP contribution in [0, 0.1) is 5.82 Å². The maximum atomic E-state index is 13.2. The predicted molar refractivity (Wildman–Crippen MR) is 79.6 cm³/mol. The van der Waals surface area contributed by atoms with E-state index < -0.39 is 0 Å². The second kappa shape index (κ2) is 6.18. The van der Waals surface area contributed by atoms with Gasteiger partial charge in [-0.1, -0.05) is 37.6 Å². The van der Waals surface area contributed by atoms with Crippen LogP contribution in [-0.2, 0) is 6.54 Å². The first-order valence-electron chi connectivity index (χ1n) is 6.45. The Balaban J connectivity index is 2.30. The number of aromatic nitrogens is 2. The molecule has 2 rings (SSSR count). The number of halogens is 2. The zero-order valence-electron chi connectivity index (χ0n) is 11.8. The van der Waals surface area contributed by atoms with Gasteiger partial charge in [0.05, 0.1) is 0 Å². The first kappa shape index (κ1) is 14.7. The summed E-state index contributed by atoms with van der Waals surface area (Å²) in [6.45, 7) is 4.65. The van der Waals surface area contributed by atoms with Crippen LogP contribution in [-0.4, -0.2) is 17.0 Å². The zero-order valence-corrected chi connectivity index (χ0v) is 12.5. The van der Waals surface area contributed by atoms with E-state index in [4.69, 9.17) is 11.6 Å². The Morgan fingerprint density at radius 1 is 1.30 bits per heavy atom. The Labute approximate surface area is 123 Å². The molecule has 1 aromatic heterocycles. The van der Waals surface area contributed by atoms with Crippen molar-refractivity contribution in [3.63, 3.8) is 0 Å². The molecule has 0 radical (unpaired) electrons. The molecule has 20 heavy (non-hydrogen) atoms. The highest BCUT2D eigenvalue weighted by Crippen LogP contribution is 2.30. The first-order chi connectivity index (χ1) is 9.49. The van der Waals surface area contributed by atoms with Crippen LogP contribution in [0.2, 0.25) is 5.15 Å². The summed E-state index contributed by atoms with van der Waals surface area (Å²) >= 11 is 6.16. The average Bonchev–Trinajstić information content (AvgIpc) is 2.37. The molecule has 0 saturated heterocycles. The average molecular weight is 294 g/mol. The fourth-order valence-electron chi connectivity index (χ4n) is 2.15. The van der Waals surface area contributed by atoms with Crippen molar-refractivity contribution in [3.8, 4) is 0 Å². The van der Waals surface area contributed by atoms with E-state index >= 15 is 0 Å². The number of benzene rings is 1. The lowest BCUT2D eigenvalue weighted by atomic mass is 10.1. The van der Waals surface area contributed by atoms with Crippen molar-refractivity contribution in [3.05, 3.63) is 52.7 Å². The van der Waals surface area contributed by atoms with Crippen LogP contribution < -0.4 is 4.90 Å². The van der Waals surface area contributed by atoms with Crippen molar-refractivity contribution in [2.75, 3.05) is 11.9 Å². The van der Waals surface area contributed by atoms with E-state index in [-0.39, 0.29) is 11.7 Å². The van der Waals surface area contributed by atoms with E-state index in [1.165, 1.54) is 18.5 Å². The van der Waals surface area contributed by atoms with E-state index in [2.05, 4.69) is 9.97 Å². The minimum atomic E-state index is -0.235. The molecule has 106 valence electrons. The Morgan fingerprint density at radius 2 is 2.05 bits per heavy atom. The van der Waals surface area contributed by atoms with Gasteiger partial charge in [-0.15, -0.1) is 0 Å². The molecule has 0 aliphatic carbocycles. The quantitative estimate of drug-likeness (QED) is 0.797. The van der Waals surface area contributed by atoms with Gasteiger partial charge in [-0.2, -0.15) is 0 Å². The maximum Gasteiger partial charge on any atom is 0.138 e. The standard InChI is InChI=1S/C15H17ClFN3/c1-10(2)13-14(16)18-9-19-15(13)20(3)8-11-5-4-6-12(17)7-11/h4-7,9-10H,8H2,1-3H3. The first-order valence-corrected chi connectivity index (χ1v) is 6.82. The normalized spacial score (nSPS) is 10.9. The minimum Gasteiger partial charge on any atom is -0.355 e. The third kappa shape index (κ3) is 3.25. The third-order valence-corrected chi connectivity index (χ3v) is 3.36. The number of hydrogen-bond donors (Lipinski definition) is 0. The number of hydrogen-bond acceptors (Lipinski definition) is 3. The number of anilines is 1. The lowest BCUT2D eigenvalue weighted by Crippen LogP contribution is -2.20. The minimum absolute atomic E-state index is 0.216. The monoisotopic (exact) mass is 293 g/mol. The van der Waals surface area contributed by atoms with Crippen LogP contribution in [0.3, 0.4) is 0 Å². The van der Waals surface area contributed by atoms with Crippen LogP contribution >= 0.6 is 11.6 Å². The maximum absolute atomic E-state index is 13.2. The Bertz CT molecular complexity index is 601. The lowest BCUT2D eigenvalue weighted by Gasteiger charge is -2.23.